The number of nitrogens with two attached hydrogens (primary N) is 1. The second kappa shape index (κ2) is 5.48. The largest absolute Gasteiger partial charge is 0.396 e. The Bertz CT molecular complexity index is 586. The Labute approximate surface area is 110 Å². The van der Waals surface area contributed by atoms with Gasteiger partial charge in [0, 0.05) is 18.0 Å². The Morgan fingerprint density at radius 3 is 2.63 bits per heavy atom. The van der Waals surface area contributed by atoms with Crippen molar-refractivity contribution in [2.24, 2.45) is 0 Å². The third kappa shape index (κ3) is 3.07. The lowest BCUT2D eigenvalue weighted by atomic mass is 10.1. The summed E-state index contributed by atoms with van der Waals surface area (Å²) in [6.07, 6.45) is 3.31. The molecule has 1 unspecified atom stereocenters. The molecule has 5 heteroatoms. The zero-order valence-corrected chi connectivity index (χ0v) is 10.4. The second-order valence-electron chi connectivity index (χ2n) is 4.21. The number of rotatable bonds is 3. The molecule has 1 amide bonds. The van der Waals surface area contributed by atoms with Crippen molar-refractivity contribution in [3.63, 3.8) is 0 Å². The fourth-order valence-corrected chi connectivity index (χ4v) is 1.68. The zero-order valence-electron chi connectivity index (χ0n) is 10.4. The fraction of sp³-hybridized carbons (Fsp3) is 0.143. The molecule has 0 fully saturated rings. The Morgan fingerprint density at radius 2 is 2.00 bits per heavy atom. The maximum Gasteiger partial charge on any atom is 0.251 e. The Balaban J connectivity index is 2.11. The molecule has 98 valence electrons. The molecule has 1 heterocycles. The fourth-order valence-electron chi connectivity index (χ4n) is 1.68. The Morgan fingerprint density at radius 1 is 1.32 bits per heavy atom. The highest BCUT2D eigenvalue weighted by Crippen LogP contribution is 2.14. The van der Waals surface area contributed by atoms with Crippen LogP contribution in [-0.2, 0) is 0 Å². The van der Waals surface area contributed by atoms with Gasteiger partial charge in [-0.2, -0.15) is 0 Å². The van der Waals surface area contributed by atoms with Gasteiger partial charge in [0.05, 0.1) is 11.7 Å². The highest BCUT2D eigenvalue weighted by Gasteiger charge is 2.12. The number of anilines is 1. The number of aromatic nitrogens is 1. The van der Waals surface area contributed by atoms with E-state index in [1.807, 2.05) is 19.1 Å². The van der Waals surface area contributed by atoms with Crippen molar-refractivity contribution in [3.8, 4) is 0 Å². The number of carbonyl (C=O) groups is 1. The number of pyridine rings is 1. The molecule has 19 heavy (non-hydrogen) atoms. The van der Waals surface area contributed by atoms with E-state index in [1.165, 1.54) is 12.1 Å². The number of hydrogen-bond acceptors (Lipinski definition) is 3. The first-order chi connectivity index (χ1) is 9.08. The number of carbonyl (C=O) groups excluding carboxylic acids is 1. The van der Waals surface area contributed by atoms with E-state index < -0.39 is 5.82 Å². The summed E-state index contributed by atoms with van der Waals surface area (Å²) in [4.78, 5) is 15.9. The predicted octanol–water partition coefficient (Wildman–Crippen LogP) is 2.29. The zero-order chi connectivity index (χ0) is 13.8. The summed E-state index contributed by atoms with van der Waals surface area (Å²) in [5.74, 6) is -0.938. The summed E-state index contributed by atoms with van der Waals surface area (Å²) in [6.45, 7) is 1.85. The van der Waals surface area contributed by atoms with Crippen molar-refractivity contribution < 1.29 is 9.18 Å². The van der Waals surface area contributed by atoms with Crippen molar-refractivity contribution >= 4 is 11.6 Å². The molecule has 3 N–H and O–H groups in total. The van der Waals surface area contributed by atoms with Crippen molar-refractivity contribution in [3.05, 3.63) is 59.7 Å². The number of hydrogen-bond donors (Lipinski definition) is 2. The van der Waals surface area contributed by atoms with E-state index in [-0.39, 0.29) is 23.2 Å². The van der Waals surface area contributed by atoms with Crippen LogP contribution in [0, 0.1) is 5.82 Å². The average molecular weight is 259 g/mol. The summed E-state index contributed by atoms with van der Waals surface area (Å²) < 4.78 is 13.3. The van der Waals surface area contributed by atoms with Gasteiger partial charge in [-0.05, 0) is 42.8 Å². The predicted molar refractivity (Wildman–Crippen MR) is 70.9 cm³/mol. The maximum absolute atomic E-state index is 13.3. The first-order valence-electron chi connectivity index (χ1n) is 5.83. The third-order valence-electron chi connectivity index (χ3n) is 2.82. The smallest absolute Gasteiger partial charge is 0.251 e. The van der Waals surface area contributed by atoms with E-state index in [0.717, 1.165) is 11.6 Å². The molecule has 1 aromatic carbocycles. The lowest BCUT2D eigenvalue weighted by Crippen LogP contribution is -2.26. The summed E-state index contributed by atoms with van der Waals surface area (Å²) in [7, 11) is 0. The third-order valence-corrected chi connectivity index (χ3v) is 2.82. The van der Waals surface area contributed by atoms with Crippen LogP contribution in [0.15, 0.2) is 42.7 Å². The minimum Gasteiger partial charge on any atom is -0.396 e. The number of nitrogens with zero attached hydrogens (tertiary/aromatic N) is 1. The number of nitrogen functional groups attached to an aromatic ring is 1. The summed E-state index contributed by atoms with van der Waals surface area (Å²) >= 11 is 0. The monoisotopic (exact) mass is 259 g/mol. The van der Waals surface area contributed by atoms with Crippen LogP contribution >= 0.6 is 0 Å². The molecule has 2 aromatic rings. The molecule has 0 aliphatic carbocycles. The number of nitrogens with one attached hydrogen (secondary N) is 1. The van der Waals surface area contributed by atoms with Gasteiger partial charge in [-0.15, -0.1) is 0 Å². The van der Waals surface area contributed by atoms with Crippen LogP contribution in [0.2, 0.25) is 0 Å². The second-order valence-corrected chi connectivity index (χ2v) is 4.21. The lowest BCUT2D eigenvalue weighted by molar-refractivity contribution is 0.0939. The topological polar surface area (TPSA) is 68.0 Å². The molecule has 0 radical (unpaired) electrons. The van der Waals surface area contributed by atoms with Crippen LogP contribution in [0.5, 0.6) is 0 Å². The lowest BCUT2D eigenvalue weighted by Gasteiger charge is -2.14. The maximum atomic E-state index is 13.3. The molecule has 0 aliphatic rings. The van der Waals surface area contributed by atoms with Gasteiger partial charge in [0.25, 0.3) is 5.91 Å². The van der Waals surface area contributed by atoms with E-state index in [1.54, 1.807) is 12.4 Å². The van der Waals surface area contributed by atoms with Crippen molar-refractivity contribution in [1.82, 2.24) is 10.3 Å². The number of amides is 1. The highest BCUT2D eigenvalue weighted by molar-refractivity contribution is 5.94. The van der Waals surface area contributed by atoms with Gasteiger partial charge in [-0.3, -0.25) is 9.78 Å². The van der Waals surface area contributed by atoms with Crippen LogP contribution < -0.4 is 11.1 Å². The van der Waals surface area contributed by atoms with Crippen LogP contribution in [0.4, 0.5) is 10.1 Å². The molecular weight excluding hydrogens is 245 g/mol. The van der Waals surface area contributed by atoms with Crippen LogP contribution in [0.1, 0.15) is 28.9 Å². The van der Waals surface area contributed by atoms with Crippen molar-refractivity contribution in [1.29, 1.82) is 0 Å². The normalized spacial score (nSPS) is 11.9. The van der Waals surface area contributed by atoms with E-state index in [0.29, 0.717) is 0 Å². The standard InChI is InChI=1S/C14H14FN3O/c1-9(10-4-6-17-7-5-10)18-14(19)11-2-3-13(16)12(15)8-11/h2-9H,16H2,1H3,(H,18,19). The minimum absolute atomic E-state index is 0.0266. The van der Waals surface area contributed by atoms with Crippen LogP contribution in [0.25, 0.3) is 0 Å². The molecule has 0 saturated carbocycles. The van der Waals surface area contributed by atoms with E-state index in [9.17, 15) is 9.18 Å². The summed E-state index contributed by atoms with van der Waals surface area (Å²) in [6, 6.07) is 7.44. The van der Waals surface area contributed by atoms with Gasteiger partial charge in [0.15, 0.2) is 0 Å². The van der Waals surface area contributed by atoms with Crippen LogP contribution in [0.3, 0.4) is 0 Å². The first kappa shape index (κ1) is 13.0. The molecule has 1 aromatic heterocycles. The van der Waals surface area contributed by atoms with Gasteiger partial charge in [0.2, 0.25) is 0 Å². The van der Waals surface area contributed by atoms with Gasteiger partial charge in [0.1, 0.15) is 5.82 Å². The van der Waals surface area contributed by atoms with Gasteiger partial charge < -0.3 is 11.1 Å². The Kier molecular flexibility index (Phi) is 3.75. The Hall–Kier alpha value is -2.43. The average Bonchev–Trinajstić information content (AvgIpc) is 2.42. The molecule has 0 aliphatic heterocycles. The molecule has 0 bridgehead atoms. The van der Waals surface area contributed by atoms with Crippen molar-refractivity contribution in [2.75, 3.05) is 5.73 Å². The molecule has 0 saturated heterocycles. The molecule has 0 spiro atoms. The van der Waals surface area contributed by atoms with E-state index in [4.69, 9.17) is 5.73 Å². The number of benzene rings is 1. The SMILES string of the molecule is CC(NC(=O)c1ccc(N)c(F)c1)c1ccncc1. The van der Waals surface area contributed by atoms with E-state index in [2.05, 4.69) is 10.3 Å². The molecule has 4 nitrogen and oxygen atoms in total. The quantitative estimate of drug-likeness (QED) is 0.831. The first-order valence-corrected chi connectivity index (χ1v) is 5.83. The highest BCUT2D eigenvalue weighted by atomic mass is 19.1. The van der Waals surface area contributed by atoms with Gasteiger partial charge in [-0.25, -0.2) is 4.39 Å². The van der Waals surface area contributed by atoms with Crippen molar-refractivity contribution in [2.45, 2.75) is 13.0 Å². The molecular formula is C14H14FN3O. The molecule has 2 rings (SSSR count). The summed E-state index contributed by atoms with van der Waals surface area (Å²) in [5, 5.41) is 2.78. The van der Waals surface area contributed by atoms with Crippen LogP contribution in [-0.4, -0.2) is 10.9 Å². The van der Waals surface area contributed by atoms with Gasteiger partial charge in [-0.1, -0.05) is 0 Å². The van der Waals surface area contributed by atoms with E-state index >= 15 is 0 Å². The summed E-state index contributed by atoms with van der Waals surface area (Å²) in [5.41, 5.74) is 6.57. The minimum atomic E-state index is -0.593. The number of halogens is 1. The van der Waals surface area contributed by atoms with Gasteiger partial charge >= 0.3 is 0 Å². The molecule has 1 atom stereocenters.